The summed E-state index contributed by atoms with van der Waals surface area (Å²) in [5.41, 5.74) is 5.24. The Hall–Kier alpha value is -2.90. The molecule has 3 N–H and O–H groups in total. The van der Waals surface area contributed by atoms with Crippen LogP contribution in [0.15, 0.2) is 24.4 Å². The number of rotatable bonds is 6. The van der Waals surface area contributed by atoms with Crippen LogP contribution in [0.2, 0.25) is 0 Å². The van der Waals surface area contributed by atoms with Gasteiger partial charge in [-0.05, 0) is 50.8 Å². The number of carbonyl (C=O) groups excluding carboxylic acids is 2. The maximum absolute atomic E-state index is 14.0. The van der Waals surface area contributed by atoms with Gasteiger partial charge in [0.2, 0.25) is 5.88 Å². The van der Waals surface area contributed by atoms with Crippen LogP contribution in [-0.4, -0.2) is 41.2 Å². The molecule has 1 fully saturated rings. The van der Waals surface area contributed by atoms with Gasteiger partial charge in [0.1, 0.15) is 18.0 Å². The van der Waals surface area contributed by atoms with E-state index in [1.807, 2.05) is 27.7 Å². The van der Waals surface area contributed by atoms with E-state index in [1.54, 1.807) is 24.4 Å². The van der Waals surface area contributed by atoms with Gasteiger partial charge in [0.25, 0.3) is 11.8 Å². The maximum atomic E-state index is 14.0. The fourth-order valence-corrected chi connectivity index (χ4v) is 3.49. The molecule has 8 heteroatoms. The number of halogens is 1. The lowest BCUT2D eigenvalue weighted by atomic mass is 9.97. The van der Waals surface area contributed by atoms with E-state index < -0.39 is 35.5 Å². The van der Waals surface area contributed by atoms with Crippen molar-refractivity contribution in [2.75, 3.05) is 6.61 Å². The SMILES string of the molecule is CC[C@@H]1[C@H](F)C(=O)N[C@@H]1COc1nccc2cc(C(N)=O)c(OC(C)(C)C)cc12. The smallest absolute Gasteiger partial charge is 0.255 e. The molecule has 1 aromatic carbocycles. The van der Waals surface area contributed by atoms with Gasteiger partial charge in [-0.15, -0.1) is 0 Å². The normalized spacial score (nSPS) is 21.8. The molecule has 1 saturated heterocycles. The largest absolute Gasteiger partial charge is 0.487 e. The molecule has 2 aromatic rings. The summed E-state index contributed by atoms with van der Waals surface area (Å²) in [5.74, 6) is -1.01. The van der Waals surface area contributed by atoms with Crippen molar-refractivity contribution >= 4 is 22.6 Å². The highest BCUT2D eigenvalue weighted by Crippen LogP contribution is 2.33. The predicted molar refractivity (Wildman–Crippen MR) is 107 cm³/mol. The monoisotopic (exact) mass is 403 g/mol. The molecule has 1 aromatic heterocycles. The molecule has 1 aliphatic rings. The Morgan fingerprint density at radius 3 is 2.69 bits per heavy atom. The van der Waals surface area contributed by atoms with Crippen LogP contribution in [0.4, 0.5) is 4.39 Å². The van der Waals surface area contributed by atoms with Crippen molar-refractivity contribution in [1.29, 1.82) is 0 Å². The first-order valence-electron chi connectivity index (χ1n) is 9.59. The lowest BCUT2D eigenvalue weighted by Gasteiger charge is -2.23. The van der Waals surface area contributed by atoms with Crippen LogP contribution in [0.3, 0.4) is 0 Å². The third kappa shape index (κ3) is 4.41. The molecular formula is C21H26FN3O4. The van der Waals surface area contributed by atoms with E-state index in [0.29, 0.717) is 28.8 Å². The second kappa shape index (κ2) is 7.85. The molecule has 0 saturated carbocycles. The maximum Gasteiger partial charge on any atom is 0.255 e. The van der Waals surface area contributed by atoms with Gasteiger partial charge in [0, 0.05) is 17.5 Å². The van der Waals surface area contributed by atoms with Crippen molar-refractivity contribution in [1.82, 2.24) is 10.3 Å². The predicted octanol–water partition coefficient (Wildman–Crippen LogP) is 2.75. The lowest BCUT2D eigenvalue weighted by Crippen LogP contribution is -2.34. The van der Waals surface area contributed by atoms with Crippen LogP contribution < -0.4 is 20.5 Å². The zero-order valence-electron chi connectivity index (χ0n) is 17.0. The molecule has 7 nitrogen and oxygen atoms in total. The summed E-state index contributed by atoms with van der Waals surface area (Å²) in [7, 11) is 0. The van der Waals surface area contributed by atoms with Gasteiger partial charge < -0.3 is 20.5 Å². The number of nitrogens with one attached hydrogen (secondary N) is 1. The number of fused-ring (bicyclic) bond motifs is 1. The van der Waals surface area contributed by atoms with Gasteiger partial charge in [-0.3, -0.25) is 9.59 Å². The third-order valence-electron chi connectivity index (χ3n) is 4.85. The average molecular weight is 403 g/mol. The fraction of sp³-hybridized carbons (Fsp3) is 0.476. The number of carbonyl (C=O) groups is 2. The number of hydrogen-bond acceptors (Lipinski definition) is 5. The van der Waals surface area contributed by atoms with Gasteiger partial charge in [-0.1, -0.05) is 6.92 Å². The molecular weight excluding hydrogens is 377 g/mol. The molecule has 29 heavy (non-hydrogen) atoms. The molecule has 0 aliphatic carbocycles. The van der Waals surface area contributed by atoms with Crippen LogP contribution in [-0.2, 0) is 4.79 Å². The third-order valence-corrected chi connectivity index (χ3v) is 4.85. The summed E-state index contributed by atoms with van der Waals surface area (Å²) in [4.78, 5) is 27.8. The number of aromatic nitrogens is 1. The van der Waals surface area contributed by atoms with Gasteiger partial charge in [-0.25, -0.2) is 9.37 Å². The number of alkyl halides is 1. The van der Waals surface area contributed by atoms with Crippen molar-refractivity contribution in [3.63, 3.8) is 0 Å². The van der Waals surface area contributed by atoms with Gasteiger partial charge in [0.15, 0.2) is 6.17 Å². The Labute approximate surface area is 168 Å². The molecule has 3 atom stereocenters. The van der Waals surface area contributed by atoms with Crippen molar-refractivity contribution in [3.05, 3.63) is 30.0 Å². The molecule has 0 bridgehead atoms. The summed E-state index contributed by atoms with van der Waals surface area (Å²) in [6.45, 7) is 7.52. The molecule has 156 valence electrons. The standard InChI is InChI=1S/C21H26FN3O4/c1-5-12-15(25-19(27)17(12)22)10-28-20-13-9-16(29-21(2,3)4)14(18(23)26)8-11(13)6-7-24-20/h6-9,12,15,17H,5,10H2,1-4H3,(H2,23,26)(H,25,27)/t12-,15+,17-/m0/s1. The van der Waals surface area contributed by atoms with Gasteiger partial charge >= 0.3 is 0 Å². The van der Waals surface area contributed by atoms with E-state index in [4.69, 9.17) is 15.2 Å². The number of amides is 2. The van der Waals surface area contributed by atoms with Crippen LogP contribution >= 0.6 is 0 Å². The van der Waals surface area contributed by atoms with Gasteiger partial charge in [-0.2, -0.15) is 0 Å². The number of benzene rings is 1. The Bertz CT molecular complexity index is 941. The van der Waals surface area contributed by atoms with E-state index in [-0.39, 0.29) is 12.2 Å². The van der Waals surface area contributed by atoms with Crippen molar-refractivity contribution in [3.8, 4) is 11.6 Å². The second-order valence-corrected chi connectivity index (χ2v) is 8.16. The van der Waals surface area contributed by atoms with Crippen LogP contribution in [0.5, 0.6) is 11.6 Å². The highest BCUT2D eigenvalue weighted by molar-refractivity contribution is 6.01. The van der Waals surface area contributed by atoms with E-state index >= 15 is 0 Å². The van der Waals surface area contributed by atoms with E-state index in [1.165, 1.54) is 0 Å². The van der Waals surface area contributed by atoms with Crippen LogP contribution in [0, 0.1) is 5.92 Å². The van der Waals surface area contributed by atoms with Crippen LogP contribution in [0.1, 0.15) is 44.5 Å². The first-order chi connectivity index (χ1) is 13.6. The first-order valence-corrected chi connectivity index (χ1v) is 9.59. The highest BCUT2D eigenvalue weighted by atomic mass is 19.1. The number of hydrogen-bond donors (Lipinski definition) is 2. The summed E-state index contributed by atoms with van der Waals surface area (Å²) in [6, 6.07) is 4.61. The molecule has 0 spiro atoms. The Balaban J connectivity index is 1.93. The Kier molecular flexibility index (Phi) is 5.64. The molecule has 0 radical (unpaired) electrons. The number of pyridine rings is 1. The topological polar surface area (TPSA) is 104 Å². The second-order valence-electron chi connectivity index (χ2n) is 8.16. The molecule has 1 aliphatic heterocycles. The summed E-state index contributed by atoms with van der Waals surface area (Å²) in [5, 5.41) is 3.97. The average Bonchev–Trinajstić information content (AvgIpc) is 2.91. The number of nitrogens with zero attached hydrogens (tertiary/aromatic N) is 1. The summed E-state index contributed by atoms with van der Waals surface area (Å²) >= 11 is 0. The highest BCUT2D eigenvalue weighted by Gasteiger charge is 2.41. The zero-order chi connectivity index (χ0) is 21.3. The Morgan fingerprint density at radius 2 is 2.07 bits per heavy atom. The summed E-state index contributed by atoms with van der Waals surface area (Å²) < 4.78 is 25.8. The zero-order valence-corrected chi connectivity index (χ0v) is 17.0. The number of ether oxygens (including phenoxy) is 2. The molecule has 3 rings (SSSR count). The van der Waals surface area contributed by atoms with E-state index in [2.05, 4.69) is 10.3 Å². The summed E-state index contributed by atoms with van der Waals surface area (Å²) in [6.07, 6.45) is 0.538. The lowest BCUT2D eigenvalue weighted by molar-refractivity contribution is -0.123. The van der Waals surface area contributed by atoms with Crippen molar-refractivity contribution in [2.45, 2.75) is 51.9 Å². The van der Waals surface area contributed by atoms with E-state index in [0.717, 1.165) is 0 Å². The molecule has 2 heterocycles. The van der Waals surface area contributed by atoms with Gasteiger partial charge in [0.05, 0.1) is 11.6 Å². The fourth-order valence-electron chi connectivity index (χ4n) is 3.49. The van der Waals surface area contributed by atoms with E-state index in [9.17, 15) is 14.0 Å². The van der Waals surface area contributed by atoms with Crippen molar-refractivity contribution in [2.24, 2.45) is 11.7 Å². The first kappa shape index (κ1) is 20.8. The van der Waals surface area contributed by atoms with Crippen molar-refractivity contribution < 1.29 is 23.5 Å². The number of primary amides is 1. The molecule has 2 amide bonds. The van der Waals surface area contributed by atoms with Crippen LogP contribution in [0.25, 0.3) is 10.8 Å². The minimum Gasteiger partial charge on any atom is -0.487 e. The number of nitrogens with two attached hydrogens (primary N) is 1. The quantitative estimate of drug-likeness (QED) is 0.772. The minimum atomic E-state index is -1.53. The Morgan fingerprint density at radius 1 is 1.34 bits per heavy atom. The minimum absolute atomic E-state index is 0.0871. The molecule has 0 unspecified atom stereocenters.